The molecule has 1 saturated heterocycles. The van der Waals surface area contributed by atoms with Gasteiger partial charge in [0.05, 0.1) is 5.92 Å². The van der Waals surface area contributed by atoms with Crippen molar-refractivity contribution in [3.05, 3.63) is 24.5 Å². The number of carboxylic acid groups (broad SMARTS) is 1. The van der Waals surface area contributed by atoms with Crippen LogP contribution in [0, 0.1) is 11.8 Å². The Bertz CT molecular complexity index is 682. The van der Waals surface area contributed by atoms with Crippen molar-refractivity contribution in [3.8, 4) is 11.5 Å². The van der Waals surface area contributed by atoms with Crippen molar-refractivity contribution in [1.29, 1.82) is 0 Å². The molecule has 0 bridgehead atoms. The number of aliphatic carboxylic acids is 1. The van der Waals surface area contributed by atoms with E-state index >= 15 is 0 Å². The molecule has 0 aliphatic carbocycles. The van der Waals surface area contributed by atoms with E-state index in [0.717, 1.165) is 31.0 Å². The van der Waals surface area contributed by atoms with Crippen molar-refractivity contribution in [2.45, 2.75) is 19.8 Å². The van der Waals surface area contributed by atoms with E-state index in [2.05, 4.69) is 22.1 Å². The van der Waals surface area contributed by atoms with Gasteiger partial charge in [0.1, 0.15) is 5.69 Å². The molecule has 122 valence electrons. The molecular formula is C16H21N5O2. The third-order valence-corrected chi connectivity index (χ3v) is 4.44. The first kappa shape index (κ1) is 15.5. The minimum absolute atomic E-state index is 0.175. The number of imidazole rings is 1. The second kappa shape index (κ2) is 6.36. The largest absolute Gasteiger partial charge is 0.481 e. The highest BCUT2D eigenvalue weighted by molar-refractivity contribution is 5.72. The molecule has 1 N–H and O–H groups in total. The van der Waals surface area contributed by atoms with Crippen LogP contribution in [0.3, 0.4) is 0 Å². The summed E-state index contributed by atoms with van der Waals surface area (Å²) >= 11 is 0. The zero-order valence-corrected chi connectivity index (χ0v) is 13.4. The smallest absolute Gasteiger partial charge is 0.308 e. The van der Waals surface area contributed by atoms with Crippen molar-refractivity contribution in [2.24, 2.45) is 18.9 Å². The Kier molecular flexibility index (Phi) is 4.27. The van der Waals surface area contributed by atoms with Crippen LogP contribution < -0.4 is 4.90 Å². The number of carboxylic acids is 1. The third-order valence-electron chi connectivity index (χ3n) is 4.44. The minimum Gasteiger partial charge on any atom is -0.481 e. The summed E-state index contributed by atoms with van der Waals surface area (Å²) in [6.07, 6.45) is 5.49. The lowest BCUT2D eigenvalue weighted by molar-refractivity contribution is -0.142. The number of nitrogens with zero attached hydrogens (tertiary/aromatic N) is 5. The van der Waals surface area contributed by atoms with Crippen molar-refractivity contribution in [1.82, 2.24) is 19.7 Å². The van der Waals surface area contributed by atoms with Gasteiger partial charge in [-0.2, -0.15) is 0 Å². The van der Waals surface area contributed by atoms with Crippen molar-refractivity contribution in [2.75, 3.05) is 18.0 Å². The molecule has 1 fully saturated rings. The molecule has 1 aliphatic heterocycles. The fourth-order valence-electron chi connectivity index (χ4n) is 3.23. The minimum atomic E-state index is -0.719. The van der Waals surface area contributed by atoms with Crippen LogP contribution in [0.2, 0.25) is 0 Å². The highest BCUT2D eigenvalue weighted by Gasteiger charge is 2.37. The molecule has 7 nitrogen and oxygen atoms in total. The van der Waals surface area contributed by atoms with E-state index in [-0.39, 0.29) is 11.8 Å². The number of aryl methyl sites for hydroxylation is 1. The first-order valence-electron chi connectivity index (χ1n) is 7.89. The Morgan fingerprint density at radius 1 is 1.35 bits per heavy atom. The maximum absolute atomic E-state index is 11.4. The molecule has 0 spiro atoms. The Morgan fingerprint density at radius 2 is 2.17 bits per heavy atom. The monoisotopic (exact) mass is 315 g/mol. The van der Waals surface area contributed by atoms with E-state index in [9.17, 15) is 9.90 Å². The van der Waals surface area contributed by atoms with Crippen LogP contribution in [0.25, 0.3) is 11.5 Å². The summed E-state index contributed by atoms with van der Waals surface area (Å²) in [6, 6.07) is 3.78. The first-order valence-corrected chi connectivity index (χ1v) is 7.89. The summed E-state index contributed by atoms with van der Waals surface area (Å²) in [5.74, 6) is 0.619. The topological polar surface area (TPSA) is 84.1 Å². The highest BCUT2D eigenvalue weighted by Crippen LogP contribution is 2.30. The molecule has 3 heterocycles. The van der Waals surface area contributed by atoms with Crippen molar-refractivity contribution in [3.63, 3.8) is 0 Å². The molecule has 7 heteroatoms. The molecule has 0 amide bonds. The molecule has 23 heavy (non-hydrogen) atoms. The van der Waals surface area contributed by atoms with E-state index < -0.39 is 5.97 Å². The molecule has 2 aromatic rings. The third kappa shape index (κ3) is 3.04. The molecule has 0 aromatic carbocycles. The number of aromatic nitrogens is 4. The van der Waals surface area contributed by atoms with Crippen LogP contribution in [-0.2, 0) is 11.8 Å². The van der Waals surface area contributed by atoms with Gasteiger partial charge in [0.25, 0.3) is 0 Å². The fraction of sp³-hybridized carbons (Fsp3) is 0.500. The zero-order valence-electron chi connectivity index (χ0n) is 13.4. The van der Waals surface area contributed by atoms with Gasteiger partial charge in [-0.15, -0.1) is 10.2 Å². The standard InChI is InChI=1S/C16H21N5O2/c1-3-4-11-9-21(10-12(11)16(22)23)14-6-5-13(18-19-14)15-17-7-8-20(15)2/h5-8,11-12H,3-4,9-10H2,1-2H3,(H,22,23)/t11-,12-/m1/s1. The van der Waals surface area contributed by atoms with E-state index in [1.807, 2.05) is 34.8 Å². The second-order valence-corrected chi connectivity index (χ2v) is 6.04. The van der Waals surface area contributed by atoms with Crippen LogP contribution >= 0.6 is 0 Å². The van der Waals surface area contributed by atoms with Gasteiger partial charge in [0.2, 0.25) is 0 Å². The number of rotatable bonds is 5. The highest BCUT2D eigenvalue weighted by atomic mass is 16.4. The van der Waals surface area contributed by atoms with Gasteiger partial charge in [0, 0.05) is 32.5 Å². The molecule has 3 rings (SSSR count). The maximum atomic E-state index is 11.4. The van der Waals surface area contributed by atoms with Gasteiger partial charge in [-0.25, -0.2) is 4.98 Å². The van der Waals surface area contributed by atoms with Crippen LogP contribution in [-0.4, -0.2) is 43.9 Å². The van der Waals surface area contributed by atoms with Crippen LogP contribution in [0.5, 0.6) is 0 Å². The van der Waals surface area contributed by atoms with Crippen molar-refractivity contribution < 1.29 is 9.90 Å². The second-order valence-electron chi connectivity index (χ2n) is 6.04. The lowest BCUT2D eigenvalue weighted by Gasteiger charge is -2.16. The van der Waals surface area contributed by atoms with E-state index in [4.69, 9.17) is 0 Å². The van der Waals surface area contributed by atoms with Crippen LogP contribution in [0.1, 0.15) is 19.8 Å². The predicted octanol–water partition coefficient (Wildman–Crippen LogP) is 1.81. The van der Waals surface area contributed by atoms with E-state index in [1.165, 1.54) is 0 Å². The lowest BCUT2D eigenvalue weighted by Crippen LogP contribution is -2.24. The summed E-state index contributed by atoms with van der Waals surface area (Å²) in [5.41, 5.74) is 0.709. The zero-order chi connectivity index (χ0) is 16.4. The summed E-state index contributed by atoms with van der Waals surface area (Å²) in [5, 5.41) is 17.9. The van der Waals surface area contributed by atoms with Gasteiger partial charge in [0.15, 0.2) is 11.6 Å². The van der Waals surface area contributed by atoms with Gasteiger partial charge in [-0.05, 0) is 24.5 Å². The van der Waals surface area contributed by atoms with Gasteiger partial charge >= 0.3 is 5.97 Å². The quantitative estimate of drug-likeness (QED) is 0.906. The van der Waals surface area contributed by atoms with Gasteiger partial charge in [-0.3, -0.25) is 4.79 Å². The summed E-state index contributed by atoms with van der Waals surface area (Å²) in [7, 11) is 1.91. The lowest BCUT2D eigenvalue weighted by atomic mass is 9.92. The van der Waals surface area contributed by atoms with Crippen molar-refractivity contribution >= 4 is 11.8 Å². The van der Waals surface area contributed by atoms with E-state index in [0.29, 0.717) is 12.2 Å². The summed E-state index contributed by atoms with van der Waals surface area (Å²) in [4.78, 5) is 17.7. The summed E-state index contributed by atoms with van der Waals surface area (Å²) < 4.78 is 1.89. The predicted molar refractivity (Wildman–Crippen MR) is 86.0 cm³/mol. The normalized spacial score (nSPS) is 20.9. The molecule has 2 atom stereocenters. The SMILES string of the molecule is CCC[C@@H]1CN(c2ccc(-c3nccn3C)nn2)C[C@H]1C(=O)O. The molecule has 0 saturated carbocycles. The molecule has 0 radical (unpaired) electrons. The fourth-order valence-corrected chi connectivity index (χ4v) is 3.23. The number of carbonyl (C=O) groups is 1. The molecule has 1 aliphatic rings. The van der Waals surface area contributed by atoms with Gasteiger partial charge in [-0.1, -0.05) is 13.3 Å². The van der Waals surface area contributed by atoms with Gasteiger partial charge < -0.3 is 14.6 Å². The maximum Gasteiger partial charge on any atom is 0.308 e. The van der Waals surface area contributed by atoms with Crippen LogP contribution in [0.15, 0.2) is 24.5 Å². The Balaban J connectivity index is 1.77. The Morgan fingerprint density at radius 3 is 2.74 bits per heavy atom. The van der Waals surface area contributed by atoms with Crippen LogP contribution in [0.4, 0.5) is 5.82 Å². The number of hydrogen-bond donors (Lipinski definition) is 1. The summed E-state index contributed by atoms with van der Waals surface area (Å²) in [6.45, 7) is 3.31. The van der Waals surface area contributed by atoms with E-state index in [1.54, 1.807) is 6.20 Å². The molecule has 2 aromatic heterocycles. The first-order chi connectivity index (χ1) is 11.1. The molecule has 0 unspecified atom stereocenters. The molecular weight excluding hydrogens is 294 g/mol. The Hall–Kier alpha value is -2.44. The average molecular weight is 315 g/mol. The number of anilines is 1. The Labute approximate surface area is 135 Å². The number of hydrogen-bond acceptors (Lipinski definition) is 5. The average Bonchev–Trinajstić information content (AvgIpc) is 3.14.